The molecule has 0 unspecified atom stereocenters. The van der Waals surface area contributed by atoms with Gasteiger partial charge in [-0.15, -0.1) is 0 Å². The van der Waals surface area contributed by atoms with Gasteiger partial charge in [0.25, 0.3) is 5.91 Å². The van der Waals surface area contributed by atoms with Crippen LogP contribution >= 0.6 is 0 Å². The number of hydrogen-bond donors (Lipinski definition) is 1. The van der Waals surface area contributed by atoms with Crippen molar-refractivity contribution < 1.29 is 28.5 Å². The Hall–Kier alpha value is -3.22. The third kappa shape index (κ3) is 5.64. The summed E-state index contributed by atoms with van der Waals surface area (Å²) in [6.45, 7) is 4.11. The zero-order valence-electron chi connectivity index (χ0n) is 16.5. The maximum Gasteiger partial charge on any atom is 0.339 e. The molecule has 0 saturated heterocycles. The van der Waals surface area contributed by atoms with E-state index < -0.39 is 12.1 Å². The molecule has 0 spiro atoms. The smallest absolute Gasteiger partial charge is 0.339 e. The first kappa shape index (κ1) is 21.1. The molecule has 0 bridgehead atoms. The Morgan fingerprint density at radius 2 is 1.71 bits per heavy atom. The summed E-state index contributed by atoms with van der Waals surface area (Å²) in [6, 6.07) is 12.0. The van der Waals surface area contributed by atoms with Crippen LogP contribution in [0.3, 0.4) is 0 Å². The fraction of sp³-hybridized carbons (Fsp3) is 0.333. The summed E-state index contributed by atoms with van der Waals surface area (Å²) in [4.78, 5) is 24.6. The maximum absolute atomic E-state index is 12.3. The van der Waals surface area contributed by atoms with E-state index in [1.165, 1.54) is 20.1 Å². The van der Waals surface area contributed by atoms with Gasteiger partial charge in [0, 0.05) is 6.54 Å². The van der Waals surface area contributed by atoms with Crippen molar-refractivity contribution in [2.45, 2.75) is 26.5 Å². The molecule has 0 fully saturated rings. The van der Waals surface area contributed by atoms with E-state index in [0.717, 1.165) is 11.3 Å². The van der Waals surface area contributed by atoms with Gasteiger partial charge in [0.05, 0.1) is 26.4 Å². The molecule has 0 heterocycles. The molecule has 0 aliphatic rings. The molecule has 0 aliphatic heterocycles. The standard InChI is InChI=1S/C21H25NO6/c1-5-27-19-12-16(8-11-18(19)26-4)21(24)28-14(2)20(23)22-13-15-6-9-17(25-3)10-7-15/h6-12,14H,5,13H2,1-4H3,(H,22,23)/t14-/m0/s1. The lowest BCUT2D eigenvalue weighted by molar-refractivity contribution is -0.129. The van der Waals surface area contributed by atoms with Crippen LogP contribution < -0.4 is 19.5 Å². The van der Waals surface area contributed by atoms with Gasteiger partial charge in [0.2, 0.25) is 0 Å². The van der Waals surface area contributed by atoms with E-state index >= 15 is 0 Å². The molecule has 150 valence electrons. The van der Waals surface area contributed by atoms with Crippen molar-refractivity contribution in [3.63, 3.8) is 0 Å². The van der Waals surface area contributed by atoms with Crippen molar-refractivity contribution in [2.24, 2.45) is 0 Å². The molecule has 7 nitrogen and oxygen atoms in total. The van der Waals surface area contributed by atoms with E-state index in [1.54, 1.807) is 19.2 Å². The minimum atomic E-state index is -0.941. The van der Waals surface area contributed by atoms with Crippen molar-refractivity contribution in [1.82, 2.24) is 5.32 Å². The van der Waals surface area contributed by atoms with E-state index in [0.29, 0.717) is 24.7 Å². The molecular formula is C21H25NO6. The molecular weight excluding hydrogens is 362 g/mol. The number of nitrogens with one attached hydrogen (secondary N) is 1. The number of hydrogen-bond acceptors (Lipinski definition) is 6. The number of esters is 1. The van der Waals surface area contributed by atoms with Crippen molar-refractivity contribution >= 4 is 11.9 Å². The highest BCUT2D eigenvalue weighted by Gasteiger charge is 2.20. The Bertz CT molecular complexity index is 803. The highest BCUT2D eigenvalue weighted by Crippen LogP contribution is 2.28. The van der Waals surface area contributed by atoms with E-state index in [1.807, 2.05) is 31.2 Å². The minimum absolute atomic E-state index is 0.277. The van der Waals surface area contributed by atoms with Gasteiger partial charge in [-0.3, -0.25) is 4.79 Å². The summed E-state index contributed by atoms with van der Waals surface area (Å²) < 4.78 is 21.0. The normalized spacial score (nSPS) is 11.3. The van der Waals surface area contributed by atoms with Gasteiger partial charge in [0.1, 0.15) is 5.75 Å². The molecule has 0 saturated carbocycles. The van der Waals surface area contributed by atoms with E-state index in [-0.39, 0.29) is 11.5 Å². The summed E-state index contributed by atoms with van der Waals surface area (Å²) in [7, 11) is 3.11. The maximum atomic E-state index is 12.3. The largest absolute Gasteiger partial charge is 0.497 e. The van der Waals surface area contributed by atoms with Crippen LogP contribution in [0.1, 0.15) is 29.8 Å². The summed E-state index contributed by atoms with van der Waals surface area (Å²) in [5.74, 6) is 0.696. The topological polar surface area (TPSA) is 83.1 Å². The molecule has 2 aromatic carbocycles. The Kier molecular flexibility index (Phi) is 7.68. The second-order valence-corrected chi connectivity index (χ2v) is 5.91. The number of carbonyl (C=O) groups excluding carboxylic acids is 2. The number of rotatable bonds is 9. The molecule has 7 heteroatoms. The average molecular weight is 387 g/mol. The molecule has 0 radical (unpaired) electrons. The van der Waals surface area contributed by atoms with Crippen LogP contribution in [0.4, 0.5) is 0 Å². The van der Waals surface area contributed by atoms with Crippen LogP contribution in [0, 0.1) is 0 Å². The monoisotopic (exact) mass is 387 g/mol. The molecule has 0 aromatic heterocycles. The predicted octanol–water partition coefficient (Wildman–Crippen LogP) is 2.96. The number of benzene rings is 2. The highest BCUT2D eigenvalue weighted by molar-refractivity contribution is 5.92. The lowest BCUT2D eigenvalue weighted by Gasteiger charge is -2.15. The molecule has 28 heavy (non-hydrogen) atoms. The van der Waals surface area contributed by atoms with Gasteiger partial charge < -0.3 is 24.3 Å². The molecule has 2 rings (SSSR count). The van der Waals surface area contributed by atoms with Crippen LogP contribution in [0.25, 0.3) is 0 Å². The Balaban J connectivity index is 1.93. The zero-order chi connectivity index (χ0) is 20.5. The van der Waals surface area contributed by atoms with Gasteiger partial charge in [-0.1, -0.05) is 12.1 Å². The summed E-state index contributed by atoms with van der Waals surface area (Å²) in [5.41, 5.74) is 1.18. The molecule has 1 atom stereocenters. The first-order chi connectivity index (χ1) is 13.5. The number of amides is 1. The second-order valence-electron chi connectivity index (χ2n) is 5.91. The summed E-state index contributed by atoms with van der Waals surface area (Å²) in [5, 5.41) is 2.74. The fourth-order valence-corrected chi connectivity index (χ4v) is 2.43. The summed E-state index contributed by atoms with van der Waals surface area (Å²) in [6.07, 6.45) is -0.941. The first-order valence-electron chi connectivity index (χ1n) is 8.91. The van der Waals surface area contributed by atoms with Gasteiger partial charge >= 0.3 is 5.97 Å². The Morgan fingerprint density at radius 3 is 2.32 bits per heavy atom. The van der Waals surface area contributed by atoms with Crippen molar-refractivity contribution in [3.8, 4) is 17.2 Å². The summed E-state index contributed by atoms with van der Waals surface area (Å²) >= 11 is 0. The van der Waals surface area contributed by atoms with Crippen molar-refractivity contribution in [3.05, 3.63) is 53.6 Å². The van der Waals surface area contributed by atoms with E-state index in [2.05, 4.69) is 5.32 Å². The number of methoxy groups -OCH3 is 2. The quantitative estimate of drug-likeness (QED) is 0.666. The lowest BCUT2D eigenvalue weighted by Crippen LogP contribution is -2.35. The average Bonchev–Trinajstić information content (AvgIpc) is 2.72. The molecule has 2 aromatic rings. The number of ether oxygens (including phenoxy) is 4. The van der Waals surface area contributed by atoms with Crippen LogP contribution in [0.15, 0.2) is 42.5 Å². The Labute approximate surface area is 164 Å². The van der Waals surface area contributed by atoms with Crippen LogP contribution in [-0.2, 0) is 16.1 Å². The van der Waals surface area contributed by atoms with Crippen LogP contribution in [0.2, 0.25) is 0 Å². The fourth-order valence-electron chi connectivity index (χ4n) is 2.43. The minimum Gasteiger partial charge on any atom is -0.497 e. The van der Waals surface area contributed by atoms with Gasteiger partial charge in [0.15, 0.2) is 17.6 Å². The third-order valence-corrected chi connectivity index (χ3v) is 3.98. The highest BCUT2D eigenvalue weighted by atomic mass is 16.5. The Morgan fingerprint density at radius 1 is 1.00 bits per heavy atom. The van der Waals surface area contributed by atoms with Crippen molar-refractivity contribution in [1.29, 1.82) is 0 Å². The molecule has 0 aliphatic carbocycles. The van der Waals surface area contributed by atoms with Crippen LogP contribution in [0.5, 0.6) is 17.2 Å². The van der Waals surface area contributed by atoms with E-state index in [9.17, 15) is 9.59 Å². The lowest BCUT2D eigenvalue weighted by atomic mass is 10.2. The van der Waals surface area contributed by atoms with Gasteiger partial charge in [-0.25, -0.2) is 4.79 Å². The predicted molar refractivity (Wildman–Crippen MR) is 104 cm³/mol. The second kappa shape index (κ2) is 10.2. The van der Waals surface area contributed by atoms with E-state index in [4.69, 9.17) is 18.9 Å². The first-order valence-corrected chi connectivity index (χ1v) is 8.91. The van der Waals surface area contributed by atoms with Gasteiger partial charge in [-0.05, 0) is 49.7 Å². The zero-order valence-corrected chi connectivity index (χ0v) is 16.5. The van der Waals surface area contributed by atoms with Crippen LogP contribution in [-0.4, -0.2) is 38.8 Å². The van der Waals surface area contributed by atoms with Gasteiger partial charge in [-0.2, -0.15) is 0 Å². The van der Waals surface area contributed by atoms with Crippen molar-refractivity contribution in [2.75, 3.05) is 20.8 Å². The number of carbonyl (C=O) groups is 2. The SMILES string of the molecule is CCOc1cc(C(=O)O[C@@H](C)C(=O)NCc2ccc(OC)cc2)ccc1OC. The molecule has 1 N–H and O–H groups in total. The molecule has 1 amide bonds. The third-order valence-electron chi connectivity index (χ3n) is 3.98.